The Morgan fingerprint density at radius 1 is 1.04 bits per heavy atom. The van der Waals surface area contributed by atoms with Crippen LogP contribution >= 0.6 is 0 Å². The maximum atomic E-state index is 12.6. The van der Waals surface area contributed by atoms with Crippen molar-refractivity contribution in [3.63, 3.8) is 0 Å². The highest BCUT2D eigenvalue weighted by atomic mass is 16.5. The molecule has 1 aliphatic heterocycles. The van der Waals surface area contributed by atoms with Crippen LogP contribution in [0.3, 0.4) is 0 Å². The summed E-state index contributed by atoms with van der Waals surface area (Å²) in [6, 6.07) is 7.36. The maximum absolute atomic E-state index is 12.6. The van der Waals surface area contributed by atoms with Crippen LogP contribution in [0.4, 0.5) is 0 Å². The standard InChI is InChI=1S/C21H25NO4/c1-21(2,3)14-6-8-15(9-7-14)26-16(23)11-22-19(24)17-12-4-5-13(10-12)18(17)20(22)25/h6-9,12-13,17-18H,4-5,10-11H2,1-3H3/t12-,13-,17+,18+/m0/s1. The van der Waals surface area contributed by atoms with Gasteiger partial charge in [-0.25, -0.2) is 4.79 Å². The van der Waals surface area contributed by atoms with Crippen molar-refractivity contribution in [3.8, 4) is 5.75 Å². The number of esters is 1. The molecule has 2 amide bonds. The lowest BCUT2D eigenvalue weighted by molar-refractivity contribution is -0.148. The van der Waals surface area contributed by atoms with E-state index in [0.717, 1.165) is 29.7 Å². The Hall–Kier alpha value is -2.17. The quantitative estimate of drug-likeness (QED) is 0.475. The topological polar surface area (TPSA) is 63.7 Å². The molecule has 0 radical (unpaired) electrons. The van der Waals surface area contributed by atoms with Crippen molar-refractivity contribution >= 4 is 17.8 Å². The minimum absolute atomic E-state index is 0.0219. The fourth-order valence-electron chi connectivity index (χ4n) is 4.94. The summed E-state index contributed by atoms with van der Waals surface area (Å²) in [5.41, 5.74) is 1.17. The van der Waals surface area contributed by atoms with Crippen LogP contribution in [0, 0.1) is 23.7 Å². The average Bonchev–Trinajstić information content (AvgIpc) is 3.24. The Morgan fingerprint density at radius 2 is 1.58 bits per heavy atom. The van der Waals surface area contributed by atoms with E-state index < -0.39 is 5.97 Å². The van der Waals surface area contributed by atoms with Gasteiger partial charge in [0.25, 0.3) is 0 Å². The van der Waals surface area contributed by atoms with Gasteiger partial charge >= 0.3 is 5.97 Å². The third-order valence-corrected chi connectivity index (χ3v) is 6.26. The molecule has 3 aliphatic rings. The molecule has 1 saturated heterocycles. The van der Waals surface area contributed by atoms with Crippen LogP contribution in [0.2, 0.25) is 0 Å². The van der Waals surface area contributed by atoms with Crippen LogP contribution < -0.4 is 4.74 Å². The number of hydrogen-bond acceptors (Lipinski definition) is 4. The first-order valence-corrected chi connectivity index (χ1v) is 9.42. The number of fused-ring (bicyclic) bond motifs is 5. The largest absolute Gasteiger partial charge is 0.425 e. The molecule has 0 N–H and O–H groups in total. The lowest BCUT2D eigenvalue weighted by Gasteiger charge is -2.19. The Bertz CT molecular complexity index is 733. The number of ether oxygens (including phenoxy) is 1. The second kappa shape index (κ2) is 5.93. The predicted octanol–water partition coefficient (Wildman–Crippen LogP) is 2.92. The van der Waals surface area contributed by atoms with Gasteiger partial charge in [0, 0.05) is 0 Å². The molecule has 5 heteroatoms. The van der Waals surface area contributed by atoms with E-state index in [2.05, 4.69) is 20.8 Å². The van der Waals surface area contributed by atoms with Crippen LogP contribution in [-0.2, 0) is 19.8 Å². The molecular weight excluding hydrogens is 330 g/mol. The molecule has 0 aromatic heterocycles. The van der Waals surface area contributed by atoms with Gasteiger partial charge in [-0.3, -0.25) is 14.5 Å². The van der Waals surface area contributed by atoms with Crippen molar-refractivity contribution in [1.29, 1.82) is 0 Å². The molecular formula is C21H25NO4. The SMILES string of the molecule is CC(C)(C)c1ccc(OC(=O)CN2C(=O)[C@@H]3[C@H]4CC[C@@H](C4)[C@H]3C2=O)cc1. The molecule has 4 rings (SSSR count). The van der Waals surface area contributed by atoms with E-state index in [0.29, 0.717) is 17.6 Å². The first-order chi connectivity index (χ1) is 12.3. The molecule has 3 fully saturated rings. The monoisotopic (exact) mass is 355 g/mol. The number of benzene rings is 1. The molecule has 4 atom stereocenters. The van der Waals surface area contributed by atoms with Crippen molar-refractivity contribution in [2.24, 2.45) is 23.7 Å². The van der Waals surface area contributed by atoms with Gasteiger partial charge in [-0.2, -0.15) is 0 Å². The highest BCUT2D eigenvalue weighted by molar-refractivity contribution is 6.07. The minimum Gasteiger partial charge on any atom is -0.425 e. The van der Waals surface area contributed by atoms with Crippen LogP contribution in [-0.4, -0.2) is 29.2 Å². The highest BCUT2D eigenvalue weighted by Crippen LogP contribution is 2.56. The molecule has 2 bridgehead atoms. The number of rotatable bonds is 3. The third kappa shape index (κ3) is 2.74. The second-order valence-electron chi connectivity index (χ2n) is 8.90. The third-order valence-electron chi connectivity index (χ3n) is 6.26. The van der Waals surface area contributed by atoms with Gasteiger partial charge < -0.3 is 4.74 Å². The fourth-order valence-corrected chi connectivity index (χ4v) is 4.94. The van der Waals surface area contributed by atoms with Gasteiger partial charge in [0.1, 0.15) is 12.3 Å². The zero-order chi connectivity index (χ0) is 18.6. The van der Waals surface area contributed by atoms with E-state index in [1.807, 2.05) is 12.1 Å². The maximum Gasteiger partial charge on any atom is 0.331 e. The number of carbonyl (C=O) groups excluding carboxylic acids is 3. The molecule has 2 saturated carbocycles. The Labute approximate surface area is 153 Å². The van der Waals surface area contributed by atoms with Gasteiger partial charge in [-0.05, 0) is 54.2 Å². The van der Waals surface area contributed by atoms with Crippen molar-refractivity contribution in [1.82, 2.24) is 4.90 Å². The Balaban J connectivity index is 1.41. The van der Waals surface area contributed by atoms with Gasteiger partial charge in [0.05, 0.1) is 11.8 Å². The van der Waals surface area contributed by atoms with E-state index in [-0.39, 0.29) is 35.6 Å². The average molecular weight is 355 g/mol. The first kappa shape index (κ1) is 17.3. The van der Waals surface area contributed by atoms with Crippen molar-refractivity contribution < 1.29 is 19.1 Å². The summed E-state index contributed by atoms with van der Waals surface area (Å²) in [5, 5.41) is 0. The molecule has 1 aromatic rings. The summed E-state index contributed by atoms with van der Waals surface area (Å²) >= 11 is 0. The number of amides is 2. The van der Waals surface area contributed by atoms with E-state index in [1.165, 1.54) is 0 Å². The Kier molecular flexibility index (Phi) is 3.94. The predicted molar refractivity (Wildman–Crippen MR) is 95.3 cm³/mol. The number of imide groups is 1. The van der Waals surface area contributed by atoms with Crippen molar-refractivity contribution in [2.45, 2.75) is 45.4 Å². The summed E-state index contributed by atoms with van der Waals surface area (Å²) in [4.78, 5) is 38.7. The molecule has 1 heterocycles. The zero-order valence-electron chi connectivity index (χ0n) is 15.5. The van der Waals surface area contributed by atoms with Crippen LogP contribution in [0.5, 0.6) is 5.75 Å². The first-order valence-electron chi connectivity index (χ1n) is 9.42. The normalized spacial score (nSPS) is 30.0. The molecule has 5 nitrogen and oxygen atoms in total. The van der Waals surface area contributed by atoms with Gasteiger partial charge in [-0.1, -0.05) is 32.9 Å². The molecule has 26 heavy (non-hydrogen) atoms. The summed E-state index contributed by atoms with van der Waals surface area (Å²) in [6.45, 7) is 6.05. The summed E-state index contributed by atoms with van der Waals surface area (Å²) in [6.07, 6.45) is 3.05. The zero-order valence-corrected chi connectivity index (χ0v) is 15.5. The molecule has 1 aromatic carbocycles. The highest BCUT2D eigenvalue weighted by Gasteiger charge is 2.61. The number of likely N-dealkylation sites (tertiary alicyclic amines) is 1. The van der Waals surface area contributed by atoms with E-state index in [9.17, 15) is 14.4 Å². The lowest BCUT2D eigenvalue weighted by atomic mass is 9.81. The van der Waals surface area contributed by atoms with E-state index in [1.54, 1.807) is 12.1 Å². The smallest absolute Gasteiger partial charge is 0.331 e. The van der Waals surface area contributed by atoms with Gasteiger partial charge in [0.15, 0.2) is 0 Å². The number of nitrogens with zero attached hydrogens (tertiary/aromatic N) is 1. The fraction of sp³-hybridized carbons (Fsp3) is 0.571. The molecule has 2 aliphatic carbocycles. The second-order valence-corrected chi connectivity index (χ2v) is 8.90. The van der Waals surface area contributed by atoms with Gasteiger partial charge in [-0.15, -0.1) is 0 Å². The number of carbonyl (C=O) groups is 3. The molecule has 0 spiro atoms. The van der Waals surface area contributed by atoms with Crippen molar-refractivity contribution in [2.75, 3.05) is 6.54 Å². The van der Waals surface area contributed by atoms with Crippen LogP contribution in [0.25, 0.3) is 0 Å². The van der Waals surface area contributed by atoms with Crippen LogP contribution in [0.1, 0.15) is 45.6 Å². The minimum atomic E-state index is -0.567. The van der Waals surface area contributed by atoms with Crippen molar-refractivity contribution in [3.05, 3.63) is 29.8 Å². The Morgan fingerprint density at radius 3 is 2.08 bits per heavy atom. The summed E-state index contributed by atoms with van der Waals surface area (Å²) in [7, 11) is 0. The van der Waals surface area contributed by atoms with E-state index in [4.69, 9.17) is 4.74 Å². The molecule has 138 valence electrons. The van der Waals surface area contributed by atoms with Gasteiger partial charge in [0.2, 0.25) is 11.8 Å². The summed E-state index contributed by atoms with van der Waals surface area (Å²) < 4.78 is 5.35. The lowest BCUT2D eigenvalue weighted by Crippen LogP contribution is -2.38. The number of hydrogen-bond donors (Lipinski definition) is 0. The summed E-state index contributed by atoms with van der Waals surface area (Å²) in [5.74, 6) is -0.218. The molecule has 0 unspecified atom stereocenters. The van der Waals surface area contributed by atoms with E-state index >= 15 is 0 Å². The van der Waals surface area contributed by atoms with Crippen LogP contribution in [0.15, 0.2) is 24.3 Å².